The van der Waals surface area contributed by atoms with Crippen molar-refractivity contribution in [2.24, 2.45) is 0 Å². The van der Waals surface area contributed by atoms with Gasteiger partial charge in [0.1, 0.15) is 0 Å². The highest BCUT2D eigenvalue weighted by atomic mass is 32.2. The summed E-state index contributed by atoms with van der Waals surface area (Å²) in [5.41, 5.74) is 1.37. The number of ether oxygens (including phenoxy) is 1. The van der Waals surface area contributed by atoms with Gasteiger partial charge in [0.05, 0.1) is 29.1 Å². The molecule has 0 radical (unpaired) electrons. The molecule has 1 unspecified atom stereocenters. The third-order valence-corrected chi connectivity index (χ3v) is 5.49. The topological polar surface area (TPSA) is 102 Å². The Bertz CT molecular complexity index is 1030. The number of hydrogen-bond donors (Lipinski definition) is 2. The highest BCUT2D eigenvalue weighted by Crippen LogP contribution is 2.23. The number of esters is 1. The predicted octanol–water partition coefficient (Wildman–Crippen LogP) is 2.42. The summed E-state index contributed by atoms with van der Waals surface area (Å²) in [5.74, 6) is -0.194. The van der Waals surface area contributed by atoms with Crippen LogP contribution >= 0.6 is 11.8 Å². The minimum Gasteiger partial charge on any atom is -0.463 e. The molecule has 0 aliphatic carbocycles. The van der Waals surface area contributed by atoms with Gasteiger partial charge in [-0.1, -0.05) is 30.8 Å². The Balaban J connectivity index is 1.98. The lowest BCUT2D eigenvalue weighted by atomic mass is 10.1. The van der Waals surface area contributed by atoms with Crippen molar-refractivity contribution in [3.05, 3.63) is 45.9 Å². The molecule has 2 heterocycles. The number of fused-ring (bicyclic) bond motifs is 1. The lowest BCUT2D eigenvalue weighted by Gasteiger charge is -2.26. The van der Waals surface area contributed by atoms with Crippen molar-refractivity contribution in [2.75, 3.05) is 12.4 Å². The molecule has 1 aromatic heterocycles. The van der Waals surface area contributed by atoms with Crippen LogP contribution in [0.3, 0.4) is 0 Å². The van der Waals surface area contributed by atoms with Crippen LogP contribution in [-0.4, -0.2) is 40.0 Å². The zero-order valence-corrected chi connectivity index (χ0v) is 17.5. The van der Waals surface area contributed by atoms with Crippen molar-refractivity contribution in [3.8, 4) is 0 Å². The number of carbonyl (C=O) groups is 2. The molecule has 0 saturated carbocycles. The highest BCUT2D eigenvalue weighted by molar-refractivity contribution is 7.99. The quantitative estimate of drug-likeness (QED) is 0.408. The standard InChI is InChI=1S/C20H24N4O4S/c1-4-10-24-17(25)13-8-6-7-9-14(13)23-20(24)29-11-15-16(18(26)28-5-2)12(3)21-19(27)22-15/h6-9,12H,4-5,10-11H2,1-3H3,(H2,21,22,27). The first-order chi connectivity index (χ1) is 14.0. The normalized spacial score (nSPS) is 16.5. The Kier molecular flexibility index (Phi) is 6.58. The van der Waals surface area contributed by atoms with E-state index in [1.54, 1.807) is 30.5 Å². The summed E-state index contributed by atoms with van der Waals surface area (Å²) >= 11 is 1.31. The molecule has 8 nitrogen and oxygen atoms in total. The monoisotopic (exact) mass is 416 g/mol. The summed E-state index contributed by atoms with van der Waals surface area (Å²) in [6.07, 6.45) is 0.780. The fourth-order valence-electron chi connectivity index (χ4n) is 3.21. The van der Waals surface area contributed by atoms with Gasteiger partial charge in [0.25, 0.3) is 5.56 Å². The molecule has 0 bridgehead atoms. The number of hydrogen-bond acceptors (Lipinski definition) is 6. The molecule has 2 N–H and O–H groups in total. The minimum atomic E-state index is -0.472. The average molecular weight is 417 g/mol. The van der Waals surface area contributed by atoms with Crippen LogP contribution in [0.5, 0.6) is 0 Å². The maximum atomic E-state index is 12.9. The fraction of sp³-hybridized carbons (Fsp3) is 0.400. The maximum absolute atomic E-state index is 12.9. The second kappa shape index (κ2) is 9.13. The number of nitrogens with one attached hydrogen (secondary N) is 2. The van der Waals surface area contributed by atoms with Gasteiger partial charge in [-0.3, -0.25) is 9.36 Å². The largest absolute Gasteiger partial charge is 0.463 e. The van der Waals surface area contributed by atoms with Crippen molar-refractivity contribution in [2.45, 2.75) is 44.9 Å². The van der Waals surface area contributed by atoms with Gasteiger partial charge in [-0.05, 0) is 32.4 Å². The van der Waals surface area contributed by atoms with E-state index in [4.69, 9.17) is 4.74 Å². The average Bonchev–Trinajstić information content (AvgIpc) is 2.68. The highest BCUT2D eigenvalue weighted by Gasteiger charge is 2.29. The zero-order valence-electron chi connectivity index (χ0n) is 16.7. The van der Waals surface area contributed by atoms with Gasteiger partial charge in [0.2, 0.25) is 0 Å². The van der Waals surface area contributed by atoms with Crippen LogP contribution in [0.15, 0.2) is 45.5 Å². The van der Waals surface area contributed by atoms with E-state index in [0.29, 0.717) is 33.9 Å². The Morgan fingerprint density at radius 3 is 2.76 bits per heavy atom. The number of rotatable bonds is 7. The van der Waals surface area contributed by atoms with Gasteiger partial charge in [-0.25, -0.2) is 14.6 Å². The molecule has 2 amide bonds. The molecule has 0 fully saturated rings. The number of urea groups is 1. The van der Waals surface area contributed by atoms with E-state index in [-0.39, 0.29) is 24.0 Å². The molecule has 0 spiro atoms. The first-order valence-corrected chi connectivity index (χ1v) is 10.5. The first-order valence-electron chi connectivity index (χ1n) is 9.56. The van der Waals surface area contributed by atoms with Crippen LogP contribution in [0.4, 0.5) is 4.79 Å². The van der Waals surface area contributed by atoms with Gasteiger partial charge in [-0.15, -0.1) is 0 Å². The summed E-state index contributed by atoms with van der Waals surface area (Å²) in [7, 11) is 0. The smallest absolute Gasteiger partial charge is 0.337 e. The third-order valence-electron chi connectivity index (χ3n) is 4.48. The SMILES string of the molecule is CCCn1c(SCC2=C(C(=O)OCC)C(C)NC(=O)N2)nc2ccccc2c1=O. The van der Waals surface area contributed by atoms with Gasteiger partial charge in [0.15, 0.2) is 5.16 Å². The van der Waals surface area contributed by atoms with Crippen molar-refractivity contribution < 1.29 is 14.3 Å². The molecular formula is C20H24N4O4S. The fourth-order valence-corrected chi connectivity index (χ4v) is 4.20. The van der Waals surface area contributed by atoms with E-state index in [0.717, 1.165) is 6.42 Å². The van der Waals surface area contributed by atoms with Crippen molar-refractivity contribution in [3.63, 3.8) is 0 Å². The molecule has 1 aromatic carbocycles. The van der Waals surface area contributed by atoms with Gasteiger partial charge < -0.3 is 15.4 Å². The molecule has 29 heavy (non-hydrogen) atoms. The molecule has 2 aromatic rings. The van der Waals surface area contributed by atoms with E-state index in [1.807, 2.05) is 19.1 Å². The summed E-state index contributed by atoms with van der Waals surface area (Å²) in [6.45, 7) is 6.23. The third kappa shape index (κ3) is 4.45. The Morgan fingerprint density at radius 2 is 2.03 bits per heavy atom. The van der Waals surface area contributed by atoms with Crippen LogP contribution in [0.25, 0.3) is 10.9 Å². The van der Waals surface area contributed by atoms with Crippen LogP contribution in [0, 0.1) is 0 Å². The molecular weight excluding hydrogens is 392 g/mol. The number of carbonyl (C=O) groups excluding carboxylic acids is 2. The summed E-state index contributed by atoms with van der Waals surface area (Å²) < 4.78 is 6.78. The Labute approximate surface area is 172 Å². The molecule has 9 heteroatoms. The molecule has 3 rings (SSSR count). The second-order valence-electron chi connectivity index (χ2n) is 6.59. The number of thioether (sulfide) groups is 1. The van der Waals surface area contributed by atoms with Crippen LogP contribution in [0.1, 0.15) is 27.2 Å². The molecule has 1 atom stereocenters. The minimum absolute atomic E-state index is 0.0951. The summed E-state index contributed by atoms with van der Waals surface area (Å²) in [6, 6.07) is 6.37. The van der Waals surface area contributed by atoms with Crippen molar-refractivity contribution in [1.82, 2.24) is 20.2 Å². The van der Waals surface area contributed by atoms with Crippen LogP contribution < -0.4 is 16.2 Å². The van der Waals surface area contributed by atoms with E-state index < -0.39 is 12.0 Å². The molecule has 0 saturated heterocycles. The molecule has 1 aliphatic rings. The molecule has 154 valence electrons. The zero-order chi connectivity index (χ0) is 21.0. The number of para-hydroxylation sites is 1. The Hall–Kier alpha value is -2.81. The summed E-state index contributed by atoms with van der Waals surface area (Å²) in [4.78, 5) is 41.9. The number of nitrogens with zero attached hydrogens (tertiary/aromatic N) is 2. The van der Waals surface area contributed by atoms with Gasteiger partial charge in [0, 0.05) is 18.0 Å². The lowest BCUT2D eigenvalue weighted by Crippen LogP contribution is -2.49. The van der Waals surface area contributed by atoms with E-state index in [1.165, 1.54) is 11.8 Å². The van der Waals surface area contributed by atoms with Crippen LogP contribution in [-0.2, 0) is 16.1 Å². The molecule has 1 aliphatic heterocycles. The first kappa shape index (κ1) is 20.9. The van der Waals surface area contributed by atoms with Gasteiger partial charge >= 0.3 is 12.0 Å². The van der Waals surface area contributed by atoms with Crippen molar-refractivity contribution in [1.29, 1.82) is 0 Å². The lowest BCUT2D eigenvalue weighted by molar-refractivity contribution is -0.138. The number of benzene rings is 1. The number of amides is 2. The summed E-state index contributed by atoms with van der Waals surface area (Å²) in [5, 5.41) is 6.49. The van der Waals surface area contributed by atoms with E-state index in [9.17, 15) is 14.4 Å². The van der Waals surface area contributed by atoms with E-state index >= 15 is 0 Å². The van der Waals surface area contributed by atoms with Gasteiger partial charge in [-0.2, -0.15) is 0 Å². The van der Waals surface area contributed by atoms with E-state index in [2.05, 4.69) is 15.6 Å². The predicted molar refractivity (Wildman–Crippen MR) is 112 cm³/mol. The second-order valence-corrected chi connectivity index (χ2v) is 7.53. The Morgan fingerprint density at radius 1 is 1.28 bits per heavy atom. The maximum Gasteiger partial charge on any atom is 0.337 e. The van der Waals surface area contributed by atoms with Crippen LogP contribution in [0.2, 0.25) is 0 Å². The van der Waals surface area contributed by atoms with Crippen molar-refractivity contribution >= 4 is 34.7 Å². The number of aromatic nitrogens is 2.